The summed E-state index contributed by atoms with van der Waals surface area (Å²) in [6.45, 7) is 5.05. The summed E-state index contributed by atoms with van der Waals surface area (Å²) in [5.41, 5.74) is 1.12. The third kappa shape index (κ3) is 11.6. The van der Waals surface area contributed by atoms with Crippen LogP contribution in [0.1, 0.15) is 45.4 Å². The van der Waals surface area contributed by atoms with E-state index < -0.39 is 7.82 Å². The molecule has 11 heteroatoms. The largest absolute Gasteiger partial charge is 0.527 e. The molecule has 1 N–H and O–H groups in total. The minimum absolute atomic E-state index is 0.183. The number of phosphoric ester groups is 1. The maximum Gasteiger partial charge on any atom is 0.527 e. The summed E-state index contributed by atoms with van der Waals surface area (Å²) in [5, 5.41) is 8.48. The Kier molecular flexibility index (Phi) is 12.9. The van der Waals surface area contributed by atoms with Gasteiger partial charge in [0, 0.05) is 6.07 Å². The van der Waals surface area contributed by atoms with Crippen LogP contribution >= 0.6 is 7.82 Å². The fourth-order valence-electron chi connectivity index (χ4n) is 3.45. The molecule has 1 heterocycles. The first-order valence-electron chi connectivity index (χ1n) is 12.8. The molecule has 0 spiro atoms. The van der Waals surface area contributed by atoms with Gasteiger partial charge in [0.05, 0.1) is 44.4 Å². The molecule has 204 valence electrons. The van der Waals surface area contributed by atoms with Gasteiger partial charge in [0.1, 0.15) is 19.0 Å². The molecular formula is C26H37N2O8P. The molecule has 0 radical (unpaired) electrons. The minimum Gasteiger partial charge on any atom is -0.487 e. The highest BCUT2D eigenvalue weighted by molar-refractivity contribution is 7.47. The van der Waals surface area contributed by atoms with Crippen molar-refractivity contribution in [3.63, 3.8) is 0 Å². The van der Waals surface area contributed by atoms with Crippen LogP contribution in [0.3, 0.4) is 0 Å². The Hall–Kier alpha value is -2.49. The van der Waals surface area contributed by atoms with E-state index in [1.54, 1.807) is 42.5 Å². The van der Waals surface area contributed by atoms with Crippen molar-refractivity contribution in [1.82, 2.24) is 0 Å². The van der Waals surface area contributed by atoms with Crippen LogP contribution in [0, 0.1) is 0 Å². The fourth-order valence-corrected chi connectivity index (χ4v) is 4.25. The minimum atomic E-state index is -4.18. The van der Waals surface area contributed by atoms with Crippen LogP contribution in [0.5, 0.6) is 17.2 Å². The average molecular weight is 537 g/mol. The molecule has 2 aromatic rings. The van der Waals surface area contributed by atoms with Crippen molar-refractivity contribution in [3.05, 3.63) is 42.5 Å². The van der Waals surface area contributed by atoms with Gasteiger partial charge in [-0.1, -0.05) is 39.0 Å². The zero-order valence-corrected chi connectivity index (χ0v) is 22.3. The van der Waals surface area contributed by atoms with Crippen molar-refractivity contribution in [2.24, 2.45) is 10.2 Å². The van der Waals surface area contributed by atoms with Gasteiger partial charge in [0.2, 0.25) is 0 Å². The number of benzene rings is 2. The van der Waals surface area contributed by atoms with Crippen molar-refractivity contribution in [3.8, 4) is 17.2 Å². The summed E-state index contributed by atoms with van der Waals surface area (Å²) in [6, 6.07) is 11.7. The lowest BCUT2D eigenvalue weighted by Gasteiger charge is -2.15. The Bertz CT molecular complexity index is 1000. The Morgan fingerprint density at radius 1 is 0.784 bits per heavy atom. The number of ether oxygens (including phenoxy) is 4. The van der Waals surface area contributed by atoms with E-state index in [0.29, 0.717) is 62.5 Å². The second-order valence-electron chi connectivity index (χ2n) is 8.41. The molecule has 0 amide bonds. The van der Waals surface area contributed by atoms with E-state index >= 15 is 0 Å². The summed E-state index contributed by atoms with van der Waals surface area (Å²) < 4.78 is 44.9. The molecule has 0 saturated heterocycles. The van der Waals surface area contributed by atoms with E-state index in [4.69, 9.17) is 28.0 Å². The molecule has 1 atom stereocenters. The maximum atomic E-state index is 12.2. The van der Waals surface area contributed by atoms with Crippen molar-refractivity contribution in [2.75, 3.05) is 46.2 Å². The van der Waals surface area contributed by atoms with E-state index in [-0.39, 0.29) is 12.4 Å². The number of nitrogens with zero attached hydrogens (tertiary/aromatic N) is 2. The van der Waals surface area contributed by atoms with Crippen molar-refractivity contribution in [1.29, 1.82) is 0 Å². The van der Waals surface area contributed by atoms with Gasteiger partial charge in [-0.05, 0) is 42.8 Å². The number of unbranched alkanes of at least 4 members (excludes halogenated alkanes) is 5. The SMILES string of the molecule is CCCCCCCCOP(=O)(O)Oc1ccc(N=Nc2ccc3c(c2)OCCOCCOCCO3)cc1. The van der Waals surface area contributed by atoms with E-state index in [1.807, 2.05) is 0 Å². The van der Waals surface area contributed by atoms with Crippen LogP contribution in [0.2, 0.25) is 0 Å². The maximum absolute atomic E-state index is 12.2. The summed E-state index contributed by atoms with van der Waals surface area (Å²) in [5.74, 6) is 1.35. The van der Waals surface area contributed by atoms with E-state index in [2.05, 4.69) is 17.2 Å². The molecule has 2 aromatic carbocycles. The molecule has 3 rings (SSSR count). The van der Waals surface area contributed by atoms with Crippen molar-refractivity contribution < 1.29 is 37.5 Å². The molecule has 0 fully saturated rings. The first-order valence-corrected chi connectivity index (χ1v) is 14.3. The van der Waals surface area contributed by atoms with Gasteiger partial charge in [-0.15, -0.1) is 0 Å². The lowest BCUT2D eigenvalue weighted by atomic mass is 10.1. The van der Waals surface area contributed by atoms with Crippen LogP contribution in [-0.4, -0.2) is 51.1 Å². The summed E-state index contributed by atoms with van der Waals surface area (Å²) in [7, 11) is -4.18. The molecule has 1 unspecified atom stereocenters. The summed E-state index contributed by atoms with van der Waals surface area (Å²) in [4.78, 5) is 9.96. The monoisotopic (exact) mass is 536 g/mol. The zero-order valence-electron chi connectivity index (χ0n) is 21.4. The van der Waals surface area contributed by atoms with Gasteiger partial charge < -0.3 is 23.5 Å². The quantitative estimate of drug-likeness (QED) is 0.180. The smallest absolute Gasteiger partial charge is 0.487 e. The van der Waals surface area contributed by atoms with Crippen molar-refractivity contribution >= 4 is 19.2 Å². The number of hydrogen-bond acceptors (Lipinski definition) is 9. The summed E-state index contributed by atoms with van der Waals surface area (Å²) in [6.07, 6.45) is 6.35. The van der Waals surface area contributed by atoms with Gasteiger partial charge in [0.25, 0.3) is 0 Å². The molecule has 0 aliphatic carbocycles. The summed E-state index contributed by atoms with van der Waals surface area (Å²) >= 11 is 0. The zero-order chi connectivity index (χ0) is 26.2. The standard InChI is InChI=1S/C26H37N2O8P/c1-2-3-4-5-6-7-14-35-37(29,30)36-24-11-8-22(9-12-24)27-28-23-10-13-25-26(21-23)34-20-18-32-16-15-31-17-19-33-25/h8-13,21H,2-7,14-20H2,1H3,(H,29,30). The highest BCUT2D eigenvalue weighted by atomic mass is 31.2. The van der Waals surface area contributed by atoms with E-state index in [1.165, 1.54) is 19.3 Å². The highest BCUT2D eigenvalue weighted by Crippen LogP contribution is 2.44. The second kappa shape index (κ2) is 16.4. The number of rotatable bonds is 12. The molecule has 10 nitrogen and oxygen atoms in total. The average Bonchev–Trinajstić information content (AvgIpc) is 2.88. The van der Waals surface area contributed by atoms with Gasteiger partial charge in [-0.3, -0.25) is 9.42 Å². The van der Waals surface area contributed by atoms with Gasteiger partial charge in [0.15, 0.2) is 11.5 Å². The predicted octanol–water partition coefficient (Wildman–Crippen LogP) is 6.76. The van der Waals surface area contributed by atoms with Crippen LogP contribution < -0.4 is 14.0 Å². The predicted molar refractivity (Wildman–Crippen MR) is 139 cm³/mol. The number of phosphoric acid groups is 1. The number of azo groups is 1. The van der Waals surface area contributed by atoms with Crippen LogP contribution in [-0.2, 0) is 18.6 Å². The molecule has 1 aliphatic rings. The van der Waals surface area contributed by atoms with Crippen LogP contribution in [0.25, 0.3) is 0 Å². The Morgan fingerprint density at radius 3 is 2.11 bits per heavy atom. The van der Waals surface area contributed by atoms with E-state index in [0.717, 1.165) is 19.3 Å². The topological polar surface area (TPSA) is 117 Å². The highest BCUT2D eigenvalue weighted by Gasteiger charge is 2.22. The Labute approximate surface area is 218 Å². The van der Waals surface area contributed by atoms with E-state index in [9.17, 15) is 9.46 Å². The van der Waals surface area contributed by atoms with Gasteiger partial charge in [-0.25, -0.2) is 4.57 Å². The first kappa shape index (κ1) is 29.1. The molecular weight excluding hydrogens is 499 g/mol. The normalized spacial score (nSPS) is 16.5. The number of fused-ring (bicyclic) bond motifs is 1. The second-order valence-corrected chi connectivity index (χ2v) is 9.79. The van der Waals surface area contributed by atoms with Gasteiger partial charge >= 0.3 is 7.82 Å². The lowest BCUT2D eigenvalue weighted by Crippen LogP contribution is -2.15. The third-order valence-electron chi connectivity index (χ3n) is 5.36. The molecule has 37 heavy (non-hydrogen) atoms. The lowest BCUT2D eigenvalue weighted by molar-refractivity contribution is 0.0223. The Balaban J connectivity index is 1.50. The fraction of sp³-hybridized carbons (Fsp3) is 0.538. The van der Waals surface area contributed by atoms with Gasteiger partial charge in [-0.2, -0.15) is 10.2 Å². The molecule has 0 aromatic heterocycles. The molecule has 0 bridgehead atoms. The third-order valence-corrected chi connectivity index (χ3v) is 6.31. The van der Waals surface area contributed by atoms with Crippen LogP contribution in [0.15, 0.2) is 52.7 Å². The van der Waals surface area contributed by atoms with Crippen molar-refractivity contribution in [2.45, 2.75) is 45.4 Å². The molecule has 0 saturated carbocycles. The first-order chi connectivity index (χ1) is 18.1. The Morgan fingerprint density at radius 2 is 1.38 bits per heavy atom. The number of hydrogen-bond donors (Lipinski definition) is 1. The van der Waals surface area contributed by atoms with Crippen LogP contribution in [0.4, 0.5) is 11.4 Å². The molecule has 1 aliphatic heterocycles.